The van der Waals surface area contributed by atoms with Crippen molar-refractivity contribution in [1.82, 2.24) is 0 Å². The maximum absolute atomic E-state index is 9.50. The van der Waals surface area contributed by atoms with Crippen molar-refractivity contribution in [3.63, 3.8) is 0 Å². The highest BCUT2D eigenvalue weighted by molar-refractivity contribution is 5.66. The van der Waals surface area contributed by atoms with E-state index in [0.29, 0.717) is 22.6 Å². The van der Waals surface area contributed by atoms with Gasteiger partial charge >= 0.3 is 0 Å². The van der Waals surface area contributed by atoms with E-state index >= 15 is 0 Å². The van der Waals surface area contributed by atoms with Crippen LogP contribution < -0.4 is 10.5 Å². The number of phenols is 1. The number of nitrogen functional groups attached to an aromatic ring is 1. The van der Waals surface area contributed by atoms with Crippen LogP contribution in [0.3, 0.4) is 0 Å². The van der Waals surface area contributed by atoms with Gasteiger partial charge in [-0.1, -0.05) is 0 Å². The molecule has 1 aromatic rings. The van der Waals surface area contributed by atoms with Crippen molar-refractivity contribution in [3.8, 4) is 11.5 Å². The molecular weight excluding hydrogens is 182 g/mol. The van der Waals surface area contributed by atoms with Crippen LogP contribution in [0.2, 0.25) is 0 Å². The van der Waals surface area contributed by atoms with Crippen molar-refractivity contribution in [3.05, 3.63) is 17.2 Å². The van der Waals surface area contributed by atoms with Crippen molar-refractivity contribution in [1.29, 1.82) is 0 Å². The van der Waals surface area contributed by atoms with Gasteiger partial charge < -0.3 is 20.7 Å². The molecular formula is C10H15NO3. The first-order chi connectivity index (χ1) is 6.49. The molecule has 0 heterocycles. The van der Waals surface area contributed by atoms with Gasteiger partial charge in [0, 0.05) is 11.1 Å². The summed E-state index contributed by atoms with van der Waals surface area (Å²) in [6.07, 6.45) is -0.723. The molecule has 0 amide bonds. The van der Waals surface area contributed by atoms with Crippen molar-refractivity contribution in [2.75, 3.05) is 12.8 Å². The molecule has 0 saturated carbocycles. The largest absolute Gasteiger partial charge is 0.508 e. The first-order valence-electron chi connectivity index (χ1n) is 4.33. The van der Waals surface area contributed by atoms with Gasteiger partial charge in [0.05, 0.1) is 18.9 Å². The minimum Gasteiger partial charge on any atom is -0.508 e. The molecule has 0 fully saturated rings. The summed E-state index contributed by atoms with van der Waals surface area (Å²) in [7, 11) is 1.48. The van der Waals surface area contributed by atoms with Gasteiger partial charge in [-0.25, -0.2) is 0 Å². The van der Waals surface area contributed by atoms with Gasteiger partial charge in [-0.15, -0.1) is 0 Å². The van der Waals surface area contributed by atoms with Crippen LogP contribution in [0.25, 0.3) is 0 Å². The zero-order valence-corrected chi connectivity index (χ0v) is 8.53. The summed E-state index contributed by atoms with van der Waals surface area (Å²) in [5.74, 6) is 0.495. The Morgan fingerprint density at radius 1 is 1.50 bits per heavy atom. The van der Waals surface area contributed by atoms with Crippen molar-refractivity contribution < 1.29 is 14.9 Å². The van der Waals surface area contributed by atoms with Crippen LogP contribution in [0, 0.1) is 6.92 Å². The second-order valence-corrected chi connectivity index (χ2v) is 3.23. The average molecular weight is 197 g/mol. The van der Waals surface area contributed by atoms with Gasteiger partial charge in [0.1, 0.15) is 11.5 Å². The third kappa shape index (κ3) is 1.61. The first kappa shape index (κ1) is 10.7. The van der Waals surface area contributed by atoms with Crippen LogP contribution in [-0.2, 0) is 0 Å². The summed E-state index contributed by atoms with van der Waals surface area (Å²) >= 11 is 0. The van der Waals surface area contributed by atoms with Crippen LogP contribution in [0.5, 0.6) is 11.5 Å². The molecule has 14 heavy (non-hydrogen) atoms. The fourth-order valence-corrected chi connectivity index (χ4v) is 1.32. The summed E-state index contributed by atoms with van der Waals surface area (Å²) in [4.78, 5) is 0. The predicted molar refractivity (Wildman–Crippen MR) is 54.4 cm³/mol. The molecule has 0 saturated heterocycles. The maximum Gasteiger partial charge on any atom is 0.148 e. The highest BCUT2D eigenvalue weighted by Gasteiger charge is 2.16. The zero-order chi connectivity index (χ0) is 10.9. The second kappa shape index (κ2) is 3.75. The Hall–Kier alpha value is -1.42. The van der Waals surface area contributed by atoms with Crippen molar-refractivity contribution in [2.45, 2.75) is 20.0 Å². The Morgan fingerprint density at radius 2 is 2.07 bits per heavy atom. The van der Waals surface area contributed by atoms with Gasteiger partial charge in [0.15, 0.2) is 0 Å². The van der Waals surface area contributed by atoms with Crippen molar-refractivity contribution >= 4 is 5.69 Å². The number of rotatable bonds is 2. The van der Waals surface area contributed by atoms with Crippen molar-refractivity contribution in [2.24, 2.45) is 0 Å². The molecule has 0 bridgehead atoms. The molecule has 0 spiro atoms. The summed E-state index contributed by atoms with van der Waals surface area (Å²) < 4.78 is 5.08. The summed E-state index contributed by atoms with van der Waals surface area (Å²) in [6, 6.07) is 1.47. The Kier molecular flexibility index (Phi) is 2.86. The summed E-state index contributed by atoms with van der Waals surface area (Å²) in [6.45, 7) is 3.28. The van der Waals surface area contributed by atoms with E-state index in [4.69, 9.17) is 10.5 Å². The molecule has 4 N–H and O–H groups in total. The van der Waals surface area contributed by atoms with E-state index in [-0.39, 0.29) is 5.75 Å². The number of aromatic hydroxyl groups is 1. The number of phenolic OH excluding ortho intramolecular Hbond substituents is 1. The predicted octanol–water partition coefficient (Wildman–Crippen LogP) is 1.34. The van der Waals surface area contributed by atoms with E-state index in [9.17, 15) is 10.2 Å². The maximum atomic E-state index is 9.50. The highest BCUT2D eigenvalue weighted by Crippen LogP contribution is 2.38. The molecule has 0 aromatic heterocycles. The van der Waals surface area contributed by atoms with E-state index in [1.165, 1.54) is 13.2 Å². The lowest BCUT2D eigenvalue weighted by Crippen LogP contribution is -2.02. The highest BCUT2D eigenvalue weighted by atomic mass is 16.5. The minimum absolute atomic E-state index is 0.0687. The molecule has 4 heteroatoms. The van der Waals surface area contributed by atoms with E-state index in [1.807, 2.05) is 0 Å². The molecule has 1 aromatic carbocycles. The Balaban J connectivity index is 3.43. The summed E-state index contributed by atoms with van der Waals surface area (Å²) in [5.41, 5.74) is 7.16. The topological polar surface area (TPSA) is 75.7 Å². The molecule has 0 aliphatic heterocycles. The number of hydrogen-bond donors (Lipinski definition) is 3. The fourth-order valence-electron chi connectivity index (χ4n) is 1.32. The Bertz CT molecular complexity index is 348. The Morgan fingerprint density at radius 3 is 2.50 bits per heavy atom. The molecule has 0 aliphatic carbocycles. The number of ether oxygens (including phenoxy) is 1. The number of aliphatic hydroxyl groups excluding tert-OH is 1. The number of hydrogen-bond acceptors (Lipinski definition) is 4. The van der Waals surface area contributed by atoms with Crippen LogP contribution in [0.1, 0.15) is 24.2 Å². The molecule has 0 aliphatic rings. The number of anilines is 1. The normalized spacial score (nSPS) is 12.6. The third-order valence-electron chi connectivity index (χ3n) is 2.24. The van der Waals surface area contributed by atoms with Gasteiger partial charge in [-0.2, -0.15) is 0 Å². The van der Waals surface area contributed by atoms with E-state index in [1.54, 1.807) is 13.8 Å². The number of benzene rings is 1. The van der Waals surface area contributed by atoms with E-state index < -0.39 is 6.10 Å². The minimum atomic E-state index is -0.723. The monoisotopic (exact) mass is 197 g/mol. The lowest BCUT2D eigenvalue weighted by molar-refractivity contribution is 0.194. The van der Waals surface area contributed by atoms with Crippen LogP contribution in [-0.4, -0.2) is 17.3 Å². The molecule has 4 nitrogen and oxygen atoms in total. The lowest BCUT2D eigenvalue weighted by Gasteiger charge is -2.16. The smallest absolute Gasteiger partial charge is 0.148 e. The van der Waals surface area contributed by atoms with Gasteiger partial charge in [-0.3, -0.25) is 0 Å². The quantitative estimate of drug-likeness (QED) is 0.625. The standard InChI is InChI=1S/C10H15NO3/c1-5-8(13)4-7(6(2)12)10(14-3)9(5)11/h4,6,12-13H,11H2,1-3H3. The molecule has 0 radical (unpaired) electrons. The van der Waals surface area contributed by atoms with Crippen LogP contribution in [0.4, 0.5) is 5.69 Å². The van der Waals surface area contributed by atoms with Gasteiger partial charge in [-0.05, 0) is 19.9 Å². The van der Waals surface area contributed by atoms with Gasteiger partial charge in [0.25, 0.3) is 0 Å². The number of aliphatic hydroxyl groups is 1. The molecule has 1 rings (SSSR count). The zero-order valence-electron chi connectivity index (χ0n) is 8.53. The number of nitrogens with two attached hydrogens (primary N) is 1. The first-order valence-corrected chi connectivity index (χ1v) is 4.33. The van der Waals surface area contributed by atoms with Crippen LogP contribution >= 0.6 is 0 Å². The Labute approximate surface area is 82.9 Å². The SMILES string of the molecule is COc1c(C(C)O)cc(O)c(C)c1N. The summed E-state index contributed by atoms with van der Waals surface area (Å²) in [5, 5.41) is 18.9. The lowest BCUT2D eigenvalue weighted by atomic mass is 10.0. The van der Waals surface area contributed by atoms with E-state index in [0.717, 1.165) is 0 Å². The molecule has 1 atom stereocenters. The van der Waals surface area contributed by atoms with E-state index in [2.05, 4.69) is 0 Å². The fraction of sp³-hybridized carbons (Fsp3) is 0.400. The van der Waals surface area contributed by atoms with Gasteiger partial charge in [0.2, 0.25) is 0 Å². The van der Waals surface area contributed by atoms with Crippen LogP contribution in [0.15, 0.2) is 6.07 Å². The number of methoxy groups -OCH3 is 1. The second-order valence-electron chi connectivity index (χ2n) is 3.23. The molecule has 1 unspecified atom stereocenters. The average Bonchev–Trinajstić information content (AvgIpc) is 2.13. The third-order valence-corrected chi connectivity index (χ3v) is 2.24. The molecule has 78 valence electrons.